The summed E-state index contributed by atoms with van der Waals surface area (Å²) in [7, 11) is 0. The summed E-state index contributed by atoms with van der Waals surface area (Å²) in [6, 6.07) is 16.0. The highest BCUT2D eigenvalue weighted by molar-refractivity contribution is 7.99. The van der Waals surface area contributed by atoms with E-state index in [1.807, 2.05) is 30.3 Å². The highest BCUT2D eigenvalue weighted by atomic mass is 32.2. The Kier molecular flexibility index (Phi) is 10.4. The molecule has 0 radical (unpaired) electrons. The standard InChI is InChI=1S/C24H31FN2O2S/c1-3-4-15-26-24(29)19(2)27(16-14-20-10-6-5-7-11-20)23(28)18-30-17-21-12-8-9-13-22(21)25/h5-13,19H,3-4,14-18H2,1-2H3,(H,26,29)/t19-/m0/s1. The first-order chi connectivity index (χ1) is 14.5. The number of amides is 2. The lowest BCUT2D eigenvalue weighted by Gasteiger charge is -2.28. The van der Waals surface area contributed by atoms with Crippen molar-refractivity contribution in [3.8, 4) is 0 Å². The maximum Gasteiger partial charge on any atom is 0.242 e. The second-order valence-corrected chi connectivity index (χ2v) is 8.21. The number of thioether (sulfide) groups is 1. The van der Waals surface area contributed by atoms with Crippen LogP contribution in [0.5, 0.6) is 0 Å². The number of nitrogens with one attached hydrogen (secondary N) is 1. The van der Waals surface area contributed by atoms with Crippen LogP contribution in [0.25, 0.3) is 0 Å². The number of hydrogen-bond donors (Lipinski definition) is 1. The van der Waals surface area contributed by atoms with Gasteiger partial charge in [0.25, 0.3) is 0 Å². The second-order valence-electron chi connectivity index (χ2n) is 7.23. The minimum absolute atomic E-state index is 0.106. The quantitative estimate of drug-likeness (QED) is 0.507. The van der Waals surface area contributed by atoms with E-state index in [2.05, 4.69) is 12.2 Å². The van der Waals surface area contributed by atoms with E-state index in [4.69, 9.17) is 0 Å². The van der Waals surface area contributed by atoms with Crippen molar-refractivity contribution in [2.75, 3.05) is 18.8 Å². The van der Waals surface area contributed by atoms with Crippen molar-refractivity contribution in [1.82, 2.24) is 10.2 Å². The Bertz CT molecular complexity index is 801. The molecule has 30 heavy (non-hydrogen) atoms. The lowest BCUT2D eigenvalue weighted by molar-refractivity contribution is -0.137. The molecule has 2 aromatic carbocycles. The number of carbonyl (C=O) groups is 2. The summed E-state index contributed by atoms with van der Waals surface area (Å²) in [5, 5.41) is 2.92. The molecule has 162 valence electrons. The Morgan fingerprint density at radius 3 is 2.50 bits per heavy atom. The molecule has 0 saturated heterocycles. The van der Waals surface area contributed by atoms with Crippen LogP contribution in [0.4, 0.5) is 4.39 Å². The van der Waals surface area contributed by atoms with E-state index in [1.165, 1.54) is 17.8 Å². The van der Waals surface area contributed by atoms with Gasteiger partial charge in [-0.15, -0.1) is 11.8 Å². The molecule has 1 atom stereocenters. The molecule has 0 heterocycles. The van der Waals surface area contributed by atoms with E-state index in [1.54, 1.807) is 30.0 Å². The molecule has 4 nitrogen and oxygen atoms in total. The minimum Gasteiger partial charge on any atom is -0.354 e. The van der Waals surface area contributed by atoms with Gasteiger partial charge in [-0.1, -0.05) is 61.9 Å². The molecular formula is C24H31FN2O2S. The highest BCUT2D eigenvalue weighted by Gasteiger charge is 2.25. The van der Waals surface area contributed by atoms with Gasteiger partial charge in [-0.05, 0) is 37.0 Å². The molecule has 2 rings (SSSR count). The van der Waals surface area contributed by atoms with Crippen LogP contribution in [0, 0.1) is 5.82 Å². The van der Waals surface area contributed by atoms with E-state index in [9.17, 15) is 14.0 Å². The monoisotopic (exact) mass is 430 g/mol. The van der Waals surface area contributed by atoms with Crippen LogP contribution in [0.1, 0.15) is 37.8 Å². The summed E-state index contributed by atoms with van der Waals surface area (Å²) in [5.41, 5.74) is 1.70. The van der Waals surface area contributed by atoms with Crippen LogP contribution in [-0.2, 0) is 21.8 Å². The molecule has 2 aromatic rings. The van der Waals surface area contributed by atoms with Gasteiger partial charge in [-0.2, -0.15) is 0 Å². The number of halogens is 1. The average molecular weight is 431 g/mol. The molecule has 0 aromatic heterocycles. The highest BCUT2D eigenvalue weighted by Crippen LogP contribution is 2.17. The molecule has 0 aliphatic heterocycles. The molecule has 0 aliphatic rings. The van der Waals surface area contributed by atoms with Gasteiger partial charge in [0.2, 0.25) is 11.8 Å². The molecule has 1 N–H and O–H groups in total. The number of carbonyl (C=O) groups excluding carboxylic acids is 2. The molecule has 6 heteroatoms. The SMILES string of the molecule is CCCCNC(=O)[C@H](C)N(CCc1ccccc1)C(=O)CSCc1ccccc1F. The van der Waals surface area contributed by atoms with Crippen LogP contribution >= 0.6 is 11.8 Å². The third-order valence-electron chi connectivity index (χ3n) is 4.92. The van der Waals surface area contributed by atoms with Gasteiger partial charge in [0.15, 0.2) is 0 Å². The average Bonchev–Trinajstić information content (AvgIpc) is 2.76. The van der Waals surface area contributed by atoms with Gasteiger partial charge in [0.1, 0.15) is 11.9 Å². The summed E-state index contributed by atoms with van der Waals surface area (Å²) < 4.78 is 13.8. The number of rotatable bonds is 12. The first kappa shape index (κ1) is 23.9. The molecular weight excluding hydrogens is 399 g/mol. The van der Waals surface area contributed by atoms with Gasteiger partial charge < -0.3 is 10.2 Å². The van der Waals surface area contributed by atoms with Gasteiger partial charge >= 0.3 is 0 Å². The zero-order valence-corrected chi connectivity index (χ0v) is 18.6. The summed E-state index contributed by atoms with van der Waals surface area (Å²) in [6.07, 6.45) is 2.59. The van der Waals surface area contributed by atoms with Gasteiger partial charge in [0, 0.05) is 18.8 Å². The summed E-state index contributed by atoms with van der Waals surface area (Å²) in [5.74, 6) is 0.119. The zero-order valence-electron chi connectivity index (χ0n) is 17.8. The normalized spacial score (nSPS) is 11.7. The minimum atomic E-state index is -0.549. The van der Waals surface area contributed by atoms with E-state index in [-0.39, 0.29) is 23.4 Å². The van der Waals surface area contributed by atoms with Crippen LogP contribution in [-0.4, -0.2) is 41.6 Å². The Hall–Kier alpha value is -2.34. The number of hydrogen-bond acceptors (Lipinski definition) is 3. The third kappa shape index (κ3) is 7.82. The lowest BCUT2D eigenvalue weighted by Crippen LogP contribution is -2.49. The van der Waals surface area contributed by atoms with Crippen molar-refractivity contribution in [3.05, 3.63) is 71.5 Å². The van der Waals surface area contributed by atoms with E-state index in [0.717, 1.165) is 18.4 Å². The topological polar surface area (TPSA) is 49.4 Å². The van der Waals surface area contributed by atoms with Crippen molar-refractivity contribution >= 4 is 23.6 Å². The smallest absolute Gasteiger partial charge is 0.242 e. The summed E-state index contributed by atoms with van der Waals surface area (Å²) in [6.45, 7) is 4.91. The molecule has 0 aliphatic carbocycles. The third-order valence-corrected chi connectivity index (χ3v) is 5.89. The fourth-order valence-electron chi connectivity index (χ4n) is 3.05. The molecule has 0 bridgehead atoms. The predicted molar refractivity (Wildman–Crippen MR) is 122 cm³/mol. The Morgan fingerprint density at radius 2 is 1.80 bits per heavy atom. The van der Waals surface area contributed by atoms with E-state index >= 15 is 0 Å². The van der Waals surface area contributed by atoms with E-state index < -0.39 is 6.04 Å². The first-order valence-corrected chi connectivity index (χ1v) is 11.6. The number of nitrogens with zero attached hydrogens (tertiary/aromatic N) is 1. The second kappa shape index (κ2) is 13.1. The van der Waals surface area contributed by atoms with Crippen LogP contribution < -0.4 is 5.32 Å². The van der Waals surface area contributed by atoms with Crippen LogP contribution in [0.3, 0.4) is 0 Å². The molecule has 0 spiro atoms. The Morgan fingerprint density at radius 1 is 1.10 bits per heavy atom. The fourth-order valence-corrected chi connectivity index (χ4v) is 3.95. The van der Waals surface area contributed by atoms with Gasteiger partial charge in [0.05, 0.1) is 5.75 Å². The summed E-state index contributed by atoms with van der Waals surface area (Å²) >= 11 is 1.37. The maximum absolute atomic E-state index is 13.8. The van der Waals surface area contributed by atoms with Gasteiger partial charge in [-0.25, -0.2) is 4.39 Å². The van der Waals surface area contributed by atoms with E-state index in [0.29, 0.717) is 30.8 Å². The molecule has 0 unspecified atom stereocenters. The molecule has 0 saturated carbocycles. The van der Waals surface area contributed by atoms with Crippen molar-refractivity contribution in [2.45, 2.75) is 44.9 Å². The van der Waals surface area contributed by atoms with Crippen molar-refractivity contribution < 1.29 is 14.0 Å². The maximum atomic E-state index is 13.8. The van der Waals surface area contributed by atoms with Crippen LogP contribution in [0.15, 0.2) is 54.6 Å². The number of benzene rings is 2. The largest absolute Gasteiger partial charge is 0.354 e. The summed E-state index contributed by atoms with van der Waals surface area (Å²) in [4.78, 5) is 27.1. The predicted octanol–water partition coefficient (Wildman–Crippen LogP) is 4.44. The van der Waals surface area contributed by atoms with Crippen LogP contribution in [0.2, 0.25) is 0 Å². The van der Waals surface area contributed by atoms with Crippen molar-refractivity contribution in [3.63, 3.8) is 0 Å². The Balaban J connectivity index is 1.98. The molecule has 0 fully saturated rings. The Labute approximate surface area is 183 Å². The lowest BCUT2D eigenvalue weighted by atomic mass is 10.1. The first-order valence-electron chi connectivity index (χ1n) is 10.4. The van der Waals surface area contributed by atoms with Gasteiger partial charge in [-0.3, -0.25) is 9.59 Å². The number of unbranched alkanes of at least 4 members (excludes halogenated alkanes) is 1. The van der Waals surface area contributed by atoms with Crippen molar-refractivity contribution in [1.29, 1.82) is 0 Å². The fraction of sp³-hybridized carbons (Fsp3) is 0.417. The zero-order chi connectivity index (χ0) is 21.8. The van der Waals surface area contributed by atoms with Crippen molar-refractivity contribution in [2.24, 2.45) is 0 Å². The molecule has 2 amide bonds.